The predicted molar refractivity (Wildman–Crippen MR) is 123 cm³/mol. The third-order valence-corrected chi connectivity index (χ3v) is 7.15. The Morgan fingerprint density at radius 2 is 2.15 bits per heavy atom. The number of nitrogens with zero attached hydrogens (tertiary/aromatic N) is 4. The van der Waals surface area contributed by atoms with Crippen LogP contribution in [0, 0.1) is 30.3 Å². The summed E-state index contributed by atoms with van der Waals surface area (Å²) in [7, 11) is 0. The summed E-state index contributed by atoms with van der Waals surface area (Å²) in [5, 5.41) is 10.1. The Balaban J connectivity index is 1.45. The van der Waals surface area contributed by atoms with Crippen LogP contribution in [0.4, 0.5) is 10.2 Å². The number of ether oxygens (including phenoxy) is 2. The Hall–Kier alpha value is -2.77. The van der Waals surface area contributed by atoms with Gasteiger partial charge in [0.2, 0.25) is 0 Å². The lowest BCUT2D eigenvalue weighted by molar-refractivity contribution is -0.164. The molecule has 0 amide bonds. The van der Waals surface area contributed by atoms with E-state index < -0.39 is 30.6 Å². The number of rotatable bonds is 8. The van der Waals surface area contributed by atoms with E-state index in [9.17, 15) is 14.3 Å². The zero-order chi connectivity index (χ0) is 24.3. The second kappa shape index (κ2) is 10.2. The van der Waals surface area contributed by atoms with E-state index in [1.165, 1.54) is 36.6 Å². The van der Waals surface area contributed by atoms with Crippen LogP contribution in [0.2, 0.25) is 0 Å². The Labute approximate surface area is 198 Å². The molecule has 184 valence electrons. The van der Waals surface area contributed by atoms with Crippen LogP contribution >= 0.6 is 0 Å². The first-order chi connectivity index (χ1) is 16.4. The molecule has 4 rings (SSSR count). The molecule has 2 fully saturated rings. The lowest BCUT2D eigenvalue weighted by Crippen LogP contribution is -2.45. The summed E-state index contributed by atoms with van der Waals surface area (Å²) in [6.45, 7) is 1.66. The second-order valence-electron chi connectivity index (χ2n) is 9.34. The zero-order valence-corrected chi connectivity index (χ0v) is 19.5. The quantitative estimate of drug-likeness (QED) is 0.259. The van der Waals surface area contributed by atoms with Crippen LogP contribution in [0.3, 0.4) is 0 Å². The van der Waals surface area contributed by atoms with Crippen molar-refractivity contribution >= 4 is 23.0 Å². The van der Waals surface area contributed by atoms with Gasteiger partial charge in [0.1, 0.15) is 12.3 Å². The summed E-state index contributed by atoms with van der Waals surface area (Å²) in [6.07, 6.45) is 13.1. The smallest absolute Gasteiger partial charge is 0.312 e. The summed E-state index contributed by atoms with van der Waals surface area (Å²) in [5.41, 5.74) is 4.57. The minimum absolute atomic E-state index is 0.0992. The molecule has 3 unspecified atom stereocenters. The fraction of sp³-hybridized carbons (Fsp3) is 0.667. The number of nitrogen functional groups attached to an aromatic ring is 1. The first kappa shape index (κ1) is 24.4. The average Bonchev–Trinajstić information content (AvgIpc) is 3.41. The molecule has 3 atom stereocenters. The predicted octanol–water partition coefficient (Wildman–Crippen LogP) is 3.13. The van der Waals surface area contributed by atoms with E-state index in [0.717, 1.165) is 25.7 Å². The number of esters is 1. The number of halogens is 1. The first-order valence-corrected chi connectivity index (χ1v) is 12.0. The van der Waals surface area contributed by atoms with Gasteiger partial charge in [-0.05, 0) is 31.6 Å². The minimum atomic E-state index is -1.52. The fourth-order valence-corrected chi connectivity index (χ4v) is 5.09. The van der Waals surface area contributed by atoms with Crippen molar-refractivity contribution in [3.05, 3.63) is 12.4 Å². The number of anilines is 1. The number of aromatic nitrogens is 4. The van der Waals surface area contributed by atoms with E-state index in [4.69, 9.17) is 21.6 Å². The Morgan fingerprint density at radius 3 is 2.82 bits per heavy atom. The van der Waals surface area contributed by atoms with E-state index in [1.54, 1.807) is 0 Å². The maximum absolute atomic E-state index is 13.8. The van der Waals surface area contributed by atoms with Crippen LogP contribution in [0.15, 0.2) is 6.33 Å². The molecule has 1 saturated heterocycles. The van der Waals surface area contributed by atoms with Crippen LogP contribution in [0.1, 0.15) is 70.9 Å². The van der Waals surface area contributed by atoms with Crippen molar-refractivity contribution in [3.8, 4) is 12.3 Å². The third kappa shape index (κ3) is 4.72. The highest BCUT2D eigenvalue weighted by Gasteiger charge is 2.51. The van der Waals surface area contributed by atoms with Crippen LogP contribution in [-0.2, 0) is 14.3 Å². The molecule has 1 aliphatic heterocycles. The van der Waals surface area contributed by atoms with E-state index in [2.05, 4.69) is 27.8 Å². The molecular formula is C24H32FN5O4. The average molecular weight is 474 g/mol. The molecule has 0 aromatic carbocycles. The SMILES string of the molecule is C#CC1(CO)OC(n2cnc3c(N)nc(F)nc32)CC1OC(=O)C1CCC(CCCCC)CC1. The molecular weight excluding hydrogens is 441 g/mol. The Morgan fingerprint density at radius 1 is 1.38 bits per heavy atom. The number of carbonyl (C=O) groups excluding carboxylic acids is 1. The molecule has 3 heterocycles. The lowest BCUT2D eigenvalue weighted by atomic mass is 9.79. The number of carbonyl (C=O) groups is 1. The normalized spacial score (nSPS) is 29.2. The summed E-state index contributed by atoms with van der Waals surface area (Å²) >= 11 is 0. The van der Waals surface area contributed by atoms with Gasteiger partial charge in [-0.15, -0.1) is 6.42 Å². The molecule has 0 bridgehead atoms. The molecule has 3 N–H and O–H groups in total. The monoisotopic (exact) mass is 473 g/mol. The van der Waals surface area contributed by atoms with Crippen molar-refractivity contribution < 1.29 is 23.8 Å². The van der Waals surface area contributed by atoms with Gasteiger partial charge in [0, 0.05) is 6.42 Å². The largest absolute Gasteiger partial charge is 0.458 e. The molecule has 0 radical (unpaired) electrons. The van der Waals surface area contributed by atoms with Crippen molar-refractivity contribution in [2.24, 2.45) is 11.8 Å². The molecule has 10 heteroatoms. The topological polar surface area (TPSA) is 125 Å². The van der Waals surface area contributed by atoms with Crippen molar-refractivity contribution in [1.29, 1.82) is 0 Å². The fourth-order valence-electron chi connectivity index (χ4n) is 5.09. The standard InChI is InChI=1S/C24H32FN5O4/c1-3-5-6-7-15-8-10-16(11-9-15)22(32)33-17-12-18(34-24(17,4-2)13-31)30-14-27-19-20(26)28-23(25)29-21(19)30/h2,14-18,31H,3,5-13H2,1H3,(H2,26,28,29). The van der Waals surface area contributed by atoms with E-state index in [0.29, 0.717) is 5.92 Å². The number of terminal acetylenes is 1. The number of unbranched alkanes of at least 4 members (excludes halogenated alkanes) is 2. The summed E-state index contributed by atoms with van der Waals surface area (Å²) in [5.74, 6) is 2.53. The third-order valence-electron chi connectivity index (χ3n) is 7.15. The second-order valence-corrected chi connectivity index (χ2v) is 9.34. The molecule has 34 heavy (non-hydrogen) atoms. The summed E-state index contributed by atoms with van der Waals surface area (Å²) in [4.78, 5) is 24.4. The molecule has 2 aromatic heterocycles. The van der Waals surface area contributed by atoms with Crippen molar-refractivity contribution in [3.63, 3.8) is 0 Å². The molecule has 1 saturated carbocycles. The highest BCUT2D eigenvalue weighted by molar-refractivity contribution is 5.81. The minimum Gasteiger partial charge on any atom is -0.458 e. The van der Waals surface area contributed by atoms with Crippen molar-refractivity contribution in [1.82, 2.24) is 19.5 Å². The summed E-state index contributed by atoms with van der Waals surface area (Å²) < 4.78 is 27.1. The van der Waals surface area contributed by atoms with Gasteiger partial charge in [0.25, 0.3) is 0 Å². The number of hydrogen-bond donors (Lipinski definition) is 2. The molecule has 0 spiro atoms. The van der Waals surface area contributed by atoms with E-state index >= 15 is 0 Å². The number of aliphatic hydroxyl groups is 1. The van der Waals surface area contributed by atoms with Gasteiger partial charge in [0.05, 0.1) is 18.9 Å². The van der Waals surface area contributed by atoms with E-state index in [-0.39, 0.29) is 35.3 Å². The van der Waals surface area contributed by atoms with Crippen LogP contribution in [0.25, 0.3) is 11.2 Å². The van der Waals surface area contributed by atoms with Gasteiger partial charge in [-0.3, -0.25) is 9.36 Å². The number of imidazole rings is 1. The van der Waals surface area contributed by atoms with Crippen LogP contribution in [0.5, 0.6) is 0 Å². The Kier molecular flexibility index (Phi) is 7.33. The van der Waals surface area contributed by atoms with Crippen molar-refractivity contribution in [2.75, 3.05) is 12.3 Å². The zero-order valence-electron chi connectivity index (χ0n) is 19.5. The lowest BCUT2D eigenvalue weighted by Gasteiger charge is -2.31. The molecule has 2 aromatic rings. The highest BCUT2D eigenvalue weighted by Crippen LogP contribution is 2.41. The summed E-state index contributed by atoms with van der Waals surface area (Å²) in [6, 6.07) is 0. The van der Waals surface area contributed by atoms with Gasteiger partial charge in [0.15, 0.2) is 22.6 Å². The first-order valence-electron chi connectivity index (χ1n) is 12.0. The van der Waals surface area contributed by atoms with Crippen LogP contribution < -0.4 is 5.73 Å². The number of nitrogens with two attached hydrogens (primary N) is 1. The van der Waals surface area contributed by atoms with Gasteiger partial charge >= 0.3 is 12.0 Å². The van der Waals surface area contributed by atoms with Gasteiger partial charge < -0.3 is 20.3 Å². The van der Waals surface area contributed by atoms with Gasteiger partial charge in [-0.1, -0.05) is 38.5 Å². The number of aliphatic hydroxyl groups excluding tert-OH is 1. The van der Waals surface area contributed by atoms with Gasteiger partial charge in [-0.2, -0.15) is 14.4 Å². The maximum Gasteiger partial charge on any atom is 0.312 e. The molecule has 2 aliphatic rings. The molecule has 9 nitrogen and oxygen atoms in total. The van der Waals surface area contributed by atoms with Crippen LogP contribution in [-0.4, -0.2) is 48.9 Å². The highest BCUT2D eigenvalue weighted by atomic mass is 19.1. The van der Waals surface area contributed by atoms with Crippen molar-refractivity contribution in [2.45, 2.75) is 82.6 Å². The van der Waals surface area contributed by atoms with E-state index in [1.807, 2.05) is 0 Å². The molecule has 1 aliphatic carbocycles. The Bertz CT molecular complexity index is 1060. The number of hydrogen-bond acceptors (Lipinski definition) is 8. The number of fused-ring (bicyclic) bond motifs is 1. The van der Waals surface area contributed by atoms with Gasteiger partial charge in [-0.25, -0.2) is 4.98 Å². The maximum atomic E-state index is 13.8.